The molecule has 1 saturated heterocycles. The number of hydrogen-bond donors (Lipinski definition) is 1. The van der Waals surface area contributed by atoms with Crippen LogP contribution < -0.4 is 5.32 Å². The summed E-state index contributed by atoms with van der Waals surface area (Å²) in [6, 6.07) is 0.111. The van der Waals surface area contributed by atoms with E-state index in [0.29, 0.717) is 18.2 Å². The predicted octanol–water partition coefficient (Wildman–Crippen LogP) is 0.800. The van der Waals surface area contributed by atoms with Crippen molar-refractivity contribution in [2.75, 3.05) is 25.4 Å². The smallest absolute Gasteiger partial charge is 0.214 e. The molecule has 0 aromatic heterocycles. The molecule has 1 aliphatic carbocycles. The van der Waals surface area contributed by atoms with Crippen LogP contribution in [0.5, 0.6) is 0 Å². The predicted molar refractivity (Wildman–Crippen MR) is 64.8 cm³/mol. The quantitative estimate of drug-likeness (QED) is 0.801. The fourth-order valence-electron chi connectivity index (χ4n) is 2.81. The maximum Gasteiger partial charge on any atom is 0.214 e. The van der Waals surface area contributed by atoms with Gasteiger partial charge in [0.15, 0.2) is 0 Å². The molecule has 2 fully saturated rings. The van der Waals surface area contributed by atoms with Gasteiger partial charge in [-0.25, -0.2) is 8.42 Å². The number of rotatable bonds is 3. The Balaban J connectivity index is 1.99. The lowest BCUT2D eigenvalue weighted by Gasteiger charge is -2.33. The molecule has 1 saturated carbocycles. The molecule has 5 heteroatoms. The largest absolute Gasteiger partial charge is 0.314 e. The van der Waals surface area contributed by atoms with Gasteiger partial charge in [0.25, 0.3) is 0 Å². The zero-order chi connectivity index (χ0) is 11.6. The standard InChI is InChI=1S/C11H22N2O2S/c1-10-8-12-6-7-13(10)16(14,15)9-11-4-2-3-5-11/h10-12H,2-9H2,1H3/t10-/m0/s1. The lowest BCUT2D eigenvalue weighted by atomic mass is 10.1. The summed E-state index contributed by atoms with van der Waals surface area (Å²) in [6.45, 7) is 4.19. The summed E-state index contributed by atoms with van der Waals surface area (Å²) in [4.78, 5) is 0. The first-order valence-electron chi connectivity index (χ1n) is 6.30. The first-order chi connectivity index (χ1) is 7.59. The fourth-order valence-corrected chi connectivity index (χ4v) is 4.92. The first kappa shape index (κ1) is 12.3. The molecular formula is C11H22N2O2S. The summed E-state index contributed by atoms with van der Waals surface area (Å²) in [7, 11) is -3.02. The second-order valence-corrected chi connectivity index (χ2v) is 7.06. The van der Waals surface area contributed by atoms with Crippen molar-refractivity contribution >= 4 is 10.0 Å². The third-order valence-corrected chi connectivity index (χ3v) is 5.87. The van der Waals surface area contributed by atoms with Gasteiger partial charge in [-0.3, -0.25) is 0 Å². The van der Waals surface area contributed by atoms with Gasteiger partial charge in [-0.15, -0.1) is 0 Å². The van der Waals surface area contributed by atoms with Crippen molar-refractivity contribution in [3.8, 4) is 0 Å². The Hall–Kier alpha value is -0.130. The highest BCUT2D eigenvalue weighted by molar-refractivity contribution is 7.89. The normalized spacial score (nSPS) is 29.7. The van der Waals surface area contributed by atoms with Gasteiger partial charge in [-0.2, -0.15) is 4.31 Å². The molecule has 0 amide bonds. The van der Waals surface area contributed by atoms with Crippen LogP contribution in [0.25, 0.3) is 0 Å². The lowest BCUT2D eigenvalue weighted by Crippen LogP contribution is -2.53. The van der Waals surface area contributed by atoms with E-state index in [4.69, 9.17) is 0 Å². The van der Waals surface area contributed by atoms with E-state index >= 15 is 0 Å². The maximum atomic E-state index is 12.3. The monoisotopic (exact) mass is 246 g/mol. The van der Waals surface area contributed by atoms with Crippen molar-refractivity contribution in [3.63, 3.8) is 0 Å². The first-order valence-corrected chi connectivity index (χ1v) is 7.91. The van der Waals surface area contributed by atoms with E-state index < -0.39 is 10.0 Å². The Morgan fingerprint density at radius 2 is 2.00 bits per heavy atom. The van der Waals surface area contributed by atoms with Gasteiger partial charge in [0.05, 0.1) is 5.75 Å². The summed E-state index contributed by atoms with van der Waals surface area (Å²) in [5.41, 5.74) is 0. The van der Waals surface area contributed by atoms with Gasteiger partial charge in [0.2, 0.25) is 10.0 Å². The van der Waals surface area contributed by atoms with E-state index in [1.54, 1.807) is 4.31 Å². The topological polar surface area (TPSA) is 49.4 Å². The van der Waals surface area contributed by atoms with E-state index in [1.165, 1.54) is 12.8 Å². The van der Waals surface area contributed by atoms with Gasteiger partial charge >= 0.3 is 0 Å². The van der Waals surface area contributed by atoms with Crippen LogP contribution in [-0.2, 0) is 10.0 Å². The van der Waals surface area contributed by atoms with E-state index in [9.17, 15) is 8.42 Å². The molecule has 0 bridgehead atoms. The van der Waals surface area contributed by atoms with Crippen LogP contribution in [0.3, 0.4) is 0 Å². The van der Waals surface area contributed by atoms with Crippen LogP contribution in [0.2, 0.25) is 0 Å². The van der Waals surface area contributed by atoms with Crippen molar-refractivity contribution in [1.82, 2.24) is 9.62 Å². The number of piperazine rings is 1. The summed E-state index contributed by atoms with van der Waals surface area (Å²) in [5, 5.41) is 3.22. The molecule has 0 aromatic rings. The average Bonchev–Trinajstić information content (AvgIpc) is 2.70. The molecule has 0 unspecified atom stereocenters. The zero-order valence-electron chi connectivity index (χ0n) is 9.98. The van der Waals surface area contributed by atoms with Crippen molar-refractivity contribution in [2.45, 2.75) is 38.6 Å². The van der Waals surface area contributed by atoms with Crippen LogP contribution in [0.15, 0.2) is 0 Å². The van der Waals surface area contributed by atoms with Gasteiger partial charge in [0.1, 0.15) is 0 Å². The lowest BCUT2D eigenvalue weighted by molar-refractivity contribution is 0.282. The third-order valence-electron chi connectivity index (χ3n) is 3.72. The highest BCUT2D eigenvalue weighted by atomic mass is 32.2. The van der Waals surface area contributed by atoms with E-state index in [0.717, 1.165) is 25.9 Å². The van der Waals surface area contributed by atoms with Crippen molar-refractivity contribution in [3.05, 3.63) is 0 Å². The van der Waals surface area contributed by atoms with Gasteiger partial charge < -0.3 is 5.32 Å². The van der Waals surface area contributed by atoms with Crippen LogP contribution in [-0.4, -0.2) is 44.2 Å². The van der Waals surface area contributed by atoms with Crippen LogP contribution in [0.4, 0.5) is 0 Å². The number of hydrogen-bond acceptors (Lipinski definition) is 3. The molecule has 2 rings (SSSR count). The Morgan fingerprint density at radius 1 is 1.31 bits per heavy atom. The minimum Gasteiger partial charge on any atom is -0.314 e. The highest BCUT2D eigenvalue weighted by Gasteiger charge is 2.32. The second-order valence-electron chi connectivity index (χ2n) is 5.09. The molecule has 94 valence electrons. The zero-order valence-corrected chi connectivity index (χ0v) is 10.8. The minimum atomic E-state index is -3.02. The molecule has 1 heterocycles. The third kappa shape index (κ3) is 2.76. The summed E-state index contributed by atoms with van der Waals surface area (Å²) in [5.74, 6) is 0.782. The number of nitrogens with one attached hydrogen (secondary N) is 1. The summed E-state index contributed by atoms with van der Waals surface area (Å²) in [6.07, 6.45) is 4.61. The van der Waals surface area contributed by atoms with Crippen LogP contribution in [0, 0.1) is 5.92 Å². The van der Waals surface area contributed by atoms with E-state index in [1.807, 2.05) is 6.92 Å². The summed E-state index contributed by atoms with van der Waals surface area (Å²) >= 11 is 0. The molecule has 0 radical (unpaired) electrons. The minimum absolute atomic E-state index is 0.111. The SMILES string of the molecule is C[C@H]1CNCCN1S(=O)(=O)CC1CCCC1. The number of sulfonamides is 1. The molecule has 4 nitrogen and oxygen atoms in total. The van der Waals surface area contributed by atoms with Crippen molar-refractivity contribution in [2.24, 2.45) is 5.92 Å². The maximum absolute atomic E-state index is 12.3. The van der Waals surface area contributed by atoms with E-state index in [2.05, 4.69) is 5.32 Å². The van der Waals surface area contributed by atoms with E-state index in [-0.39, 0.29) is 6.04 Å². The Bertz CT molecular complexity index is 323. The van der Waals surface area contributed by atoms with Crippen LogP contribution >= 0.6 is 0 Å². The molecule has 1 aliphatic heterocycles. The molecule has 0 aromatic carbocycles. The van der Waals surface area contributed by atoms with Gasteiger partial charge in [0, 0.05) is 25.7 Å². The highest BCUT2D eigenvalue weighted by Crippen LogP contribution is 2.27. The molecule has 1 N–H and O–H groups in total. The summed E-state index contributed by atoms with van der Waals surface area (Å²) < 4.78 is 26.2. The Labute approximate surface area is 98.4 Å². The fraction of sp³-hybridized carbons (Fsp3) is 1.00. The van der Waals surface area contributed by atoms with Crippen LogP contribution in [0.1, 0.15) is 32.6 Å². The molecular weight excluding hydrogens is 224 g/mol. The number of nitrogens with zero attached hydrogens (tertiary/aromatic N) is 1. The van der Waals surface area contributed by atoms with Gasteiger partial charge in [-0.05, 0) is 25.7 Å². The average molecular weight is 246 g/mol. The molecule has 16 heavy (non-hydrogen) atoms. The van der Waals surface area contributed by atoms with Gasteiger partial charge in [-0.1, -0.05) is 12.8 Å². The molecule has 1 atom stereocenters. The Morgan fingerprint density at radius 3 is 2.62 bits per heavy atom. The van der Waals surface area contributed by atoms with Crippen molar-refractivity contribution in [1.29, 1.82) is 0 Å². The molecule has 0 spiro atoms. The van der Waals surface area contributed by atoms with Crippen molar-refractivity contribution < 1.29 is 8.42 Å². The Kier molecular flexibility index (Phi) is 3.87. The second kappa shape index (κ2) is 5.02. The molecule has 2 aliphatic rings.